The van der Waals surface area contributed by atoms with Crippen LogP contribution in [0.4, 0.5) is 0 Å². The third-order valence-corrected chi connectivity index (χ3v) is 3.88. The van der Waals surface area contributed by atoms with Gasteiger partial charge in [0.15, 0.2) is 0 Å². The molecule has 1 aliphatic rings. The average molecular weight is 255 g/mol. The highest BCUT2D eigenvalue weighted by atomic mass is 32.1. The third-order valence-electron chi connectivity index (χ3n) is 3.01. The number of piperidine rings is 1. The molecule has 0 aromatic carbocycles. The van der Waals surface area contributed by atoms with Gasteiger partial charge in [0, 0.05) is 32.1 Å². The predicted molar refractivity (Wildman–Crippen MR) is 65.9 cm³/mol. The summed E-state index contributed by atoms with van der Waals surface area (Å²) in [6.45, 7) is 1.88. The Morgan fingerprint density at radius 2 is 2.35 bits per heavy atom. The second-order valence-electron chi connectivity index (χ2n) is 4.06. The average Bonchev–Trinajstić information content (AvgIpc) is 2.87. The van der Waals surface area contributed by atoms with E-state index in [4.69, 9.17) is 10.5 Å². The summed E-state index contributed by atoms with van der Waals surface area (Å²) in [4.78, 5) is 18.2. The zero-order valence-corrected chi connectivity index (χ0v) is 10.7. The second-order valence-corrected chi connectivity index (χ2v) is 5.00. The molecule has 0 unspecified atom stereocenters. The first-order valence-corrected chi connectivity index (χ1v) is 6.59. The molecule has 1 amide bonds. The molecule has 0 radical (unpaired) electrons. The molecule has 0 saturated carbocycles. The van der Waals surface area contributed by atoms with Gasteiger partial charge < -0.3 is 15.4 Å². The highest BCUT2D eigenvalue weighted by Crippen LogP contribution is 2.17. The Balaban J connectivity index is 1.96. The van der Waals surface area contributed by atoms with Crippen LogP contribution in [0.1, 0.15) is 28.3 Å². The van der Waals surface area contributed by atoms with Gasteiger partial charge in [-0.1, -0.05) is 0 Å². The molecule has 2 N–H and O–H groups in total. The standard InChI is InChI=1S/C11H17N3O2S/c1-16-8-2-4-14(5-3-8)11(15)9-7-17-10(6-12)13-9/h7-8H,2-6,12H2,1H3. The zero-order chi connectivity index (χ0) is 12.3. The monoisotopic (exact) mass is 255 g/mol. The molecular weight excluding hydrogens is 238 g/mol. The number of carbonyl (C=O) groups is 1. The number of amides is 1. The van der Waals surface area contributed by atoms with Crippen LogP contribution in [0, 0.1) is 0 Å². The fourth-order valence-corrected chi connectivity index (χ4v) is 2.61. The van der Waals surface area contributed by atoms with Crippen LogP contribution in [-0.2, 0) is 11.3 Å². The first-order valence-electron chi connectivity index (χ1n) is 5.71. The van der Waals surface area contributed by atoms with Crippen molar-refractivity contribution in [2.45, 2.75) is 25.5 Å². The van der Waals surface area contributed by atoms with E-state index in [2.05, 4.69) is 4.98 Å². The van der Waals surface area contributed by atoms with Gasteiger partial charge in [0.2, 0.25) is 0 Å². The summed E-state index contributed by atoms with van der Waals surface area (Å²) < 4.78 is 5.28. The summed E-state index contributed by atoms with van der Waals surface area (Å²) in [5, 5.41) is 2.59. The van der Waals surface area contributed by atoms with Gasteiger partial charge in [0.05, 0.1) is 6.10 Å². The van der Waals surface area contributed by atoms with Crippen LogP contribution in [0.5, 0.6) is 0 Å². The van der Waals surface area contributed by atoms with E-state index < -0.39 is 0 Å². The molecule has 17 heavy (non-hydrogen) atoms. The van der Waals surface area contributed by atoms with Gasteiger partial charge in [-0.05, 0) is 12.8 Å². The SMILES string of the molecule is COC1CCN(C(=O)c2csc(CN)n2)CC1. The third kappa shape index (κ3) is 2.83. The number of rotatable bonds is 3. The molecule has 2 rings (SSSR count). The van der Waals surface area contributed by atoms with E-state index in [1.165, 1.54) is 11.3 Å². The zero-order valence-electron chi connectivity index (χ0n) is 9.89. The largest absolute Gasteiger partial charge is 0.381 e. The minimum Gasteiger partial charge on any atom is -0.381 e. The van der Waals surface area contributed by atoms with Crippen LogP contribution < -0.4 is 5.73 Å². The Morgan fingerprint density at radius 3 is 2.88 bits per heavy atom. The van der Waals surface area contributed by atoms with E-state index in [-0.39, 0.29) is 12.0 Å². The molecule has 94 valence electrons. The number of aromatic nitrogens is 1. The number of nitrogens with zero attached hydrogens (tertiary/aromatic N) is 2. The highest BCUT2D eigenvalue weighted by molar-refractivity contribution is 7.09. The summed E-state index contributed by atoms with van der Waals surface area (Å²) in [6, 6.07) is 0. The maximum atomic E-state index is 12.1. The smallest absolute Gasteiger partial charge is 0.273 e. The molecule has 1 aromatic rings. The van der Waals surface area contributed by atoms with E-state index in [1.807, 2.05) is 4.90 Å². The number of likely N-dealkylation sites (tertiary alicyclic amines) is 1. The van der Waals surface area contributed by atoms with Crippen molar-refractivity contribution in [1.82, 2.24) is 9.88 Å². The van der Waals surface area contributed by atoms with Crippen molar-refractivity contribution in [3.05, 3.63) is 16.1 Å². The number of hydrogen-bond acceptors (Lipinski definition) is 5. The quantitative estimate of drug-likeness (QED) is 0.869. The Kier molecular flexibility index (Phi) is 4.09. The second kappa shape index (κ2) is 5.57. The molecule has 2 heterocycles. The lowest BCUT2D eigenvalue weighted by Crippen LogP contribution is -2.40. The van der Waals surface area contributed by atoms with E-state index in [0.29, 0.717) is 12.2 Å². The van der Waals surface area contributed by atoms with Crippen LogP contribution in [0.3, 0.4) is 0 Å². The summed E-state index contributed by atoms with van der Waals surface area (Å²) in [6.07, 6.45) is 2.08. The van der Waals surface area contributed by atoms with Gasteiger partial charge >= 0.3 is 0 Å². The number of thiazole rings is 1. The maximum absolute atomic E-state index is 12.1. The molecule has 6 heteroatoms. The molecule has 5 nitrogen and oxygen atoms in total. The summed E-state index contributed by atoms with van der Waals surface area (Å²) in [5.41, 5.74) is 6.00. The maximum Gasteiger partial charge on any atom is 0.273 e. The van der Waals surface area contributed by atoms with Gasteiger partial charge in [0.25, 0.3) is 5.91 Å². The molecule has 1 saturated heterocycles. The van der Waals surface area contributed by atoms with Crippen LogP contribution in [0.2, 0.25) is 0 Å². The van der Waals surface area contributed by atoms with Crippen molar-refractivity contribution in [1.29, 1.82) is 0 Å². The number of carbonyl (C=O) groups excluding carboxylic acids is 1. The number of methoxy groups -OCH3 is 1. The first kappa shape index (κ1) is 12.5. The highest BCUT2D eigenvalue weighted by Gasteiger charge is 2.24. The van der Waals surface area contributed by atoms with Crippen molar-refractivity contribution in [2.24, 2.45) is 5.73 Å². The van der Waals surface area contributed by atoms with Gasteiger partial charge in [-0.15, -0.1) is 11.3 Å². The molecule has 0 aliphatic carbocycles. The lowest BCUT2D eigenvalue weighted by atomic mass is 10.1. The van der Waals surface area contributed by atoms with Crippen molar-refractivity contribution in [2.75, 3.05) is 20.2 Å². The topological polar surface area (TPSA) is 68.5 Å². The fourth-order valence-electron chi connectivity index (χ4n) is 1.96. The van der Waals surface area contributed by atoms with Gasteiger partial charge in [0.1, 0.15) is 10.7 Å². The van der Waals surface area contributed by atoms with Crippen LogP contribution in [-0.4, -0.2) is 42.1 Å². The number of nitrogens with two attached hydrogens (primary N) is 1. The van der Waals surface area contributed by atoms with E-state index in [0.717, 1.165) is 30.9 Å². The van der Waals surface area contributed by atoms with Crippen LogP contribution >= 0.6 is 11.3 Å². The van der Waals surface area contributed by atoms with Crippen molar-refractivity contribution >= 4 is 17.2 Å². The van der Waals surface area contributed by atoms with Gasteiger partial charge in [-0.25, -0.2) is 4.98 Å². The van der Waals surface area contributed by atoms with Crippen LogP contribution in [0.15, 0.2) is 5.38 Å². The Bertz CT molecular complexity index is 386. The molecule has 1 aliphatic heterocycles. The minimum atomic E-state index is 0.00973. The first-order chi connectivity index (χ1) is 8.24. The Hall–Kier alpha value is -0.980. The van der Waals surface area contributed by atoms with Gasteiger partial charge in [-0.2, -0.15) is 0 Å². The molecule has 1 aromatic heterocycles. The number of ether oxygens (including phenoxy) is 1. The van der Waals surface area contributed by atoms with E-state index in [1.54, 1.807) is 12.5 Å². The van der Waals surface area contributed by atoms with Crippen molar-refractivity contribution in [3.63, 3.8) is 0 Å². The van der Waals surface area contributed by atoms with Crippen molar-refractivity contribution < 1.29 is 9.53 Å². The minimum absolute atomic E-state index is 0.00973. The molecule has 0 bridgehead atoms. The Labute approximate surface area is 105 Å². The molecular formula is C11H17N3O2S. The van der Waals surface area contributed by atoms with E-state index in [9.17, 15) is 4.79 Å². The molecule has 1 fully saturated rings. The lowest BCUT2D eigenvalue weighted by Gasteiger charge is -2.30. The predicted octanol–water partition coefficient (Wildman–Crippen LogP) is 0.853. The van der Waals surface area contributed by atoms with Gasteiger partial charge in [-0.3, -0.25) is 4.79 Å². The summed E-state index contributed by atoms with van der Waals surface area (Å²) in [5.74, 6) is 0.00973. The fraction of sp³-hybridized carbons (Fsp3) is 0.636. The summed E-state index contributed by atoms with van der Waals surface area (Å²) in [7, 11) is 1.72. The van der Waals surface area contributed by atoms with Crippen molar-refractivity contribution in [3.8, 4) is 0 Å². The molecule has 0 atom stereocenters. The number of hydrogen-bond donors (Lipinski definition) is 1. The molecule has 0 spiro atoms. The van der Waals surface area contributed by atoms with Crippen LogP contribution in [0.25, 0.3) is 0 Å². The summed E-state index contributed by atoms with van der Waals surface area (Å²) >= 11 is 1.44. The Morgan fingerprint density at radius 1 is 1.65 bits per heavy atom. The lowest BCUT2D eigenvalue weighted by molar-refractivity contribution is 0.0348. The van der Waals surface area contributed by atoms with E-state index >= 15 is 0 Å². The normalized spacial score (nSPS) is 17.4.